The van der Waals surface area contributed by atoms with E-state index in [0.29, 0.717) is 0 Å². The number of aromatic nitrogens is 3. The van der Waals surface area contributed by atoms with Crippen molar-refractivity contribution in [2.24, 2.45) is 0 Å². The van der Waals surface area contributed by atoms with Crippen molar-refractivity contribution in [3.8, 4) is 10.6 Å². The van der Waals surface area contributed by atoms with Gasteiger partial charge < -0.3 is 4.57 Å². The number of fused-ring (bicyclic) bond motifs is 1. The molecule has 24 heavy (non-hydrogen) atoms. The van der Waals surface area contributed by atoms with E-state index in [4.69, 9.17) is 9.97 Å². The molecule has 0 aliphatic rings. The number of rotatable bonds is 5. The van der Waals surface area contributed by atoms with Crippen LogP contribution in [0.3, 0.4) is 0 Å². The van der Waals surface area contributed by atoms with Gasteiger partial charge in [0.2, 0.25) is 0 Å². The molecule has 120 valence electrons. The van der Waals surface area contributed by atoms with Gasteiger partial charge in [0.25, 0.3) is 0 Å². The summed E-state index contributed by atoms with van der Waals surface area (Å²) in [5.74, 6) is 1.15. The molecule has 0 N–H and O–H groups in total. The van der Waals surface area contributed by atoms with Crippen LogP contribution in [0.5, 0.6) is 0 Å². The minimum atomic E-state index is 0.777. The van der Waals surface area contributed by atoms with Crippen LogP contribution in [0.4, 0.5) is 0 Å². The third-order valence-corrected chi connectivity index (χ3v) is 5.04. The predicted octanol–water partition coefficient (Wildman–Crippen LogP) is 5.16. The highest BCUT2D eigenvalue weighted by Gasteiger charge is 2.12. The molecule has 0 saturated carbocycles. The van der Waals surface area contributed by atoms with Crippen molar-refractivity contribution in [2.75, 3.05) is 0 Å². The number of benzene rings is 2. The maximum atomic E-state index is 4.83. The van der Waals surface area contributed by atoms with Crippen LogP contribution in [0.25, 0.3) is 21.6 Å². The highest BCUT2D eigenvalue weighted by atomic mass is 32.1. The van der Waals surface area contributed by atoms with Gasteiger partial charge in [-0.2, -0.15) is 0 Å². The van der Waals surface area contributed by atoms with E-state index in [9.17, 15) is 0 Å². The Morgan fingerprint density at radius 1 is 0.958 bits per heavy atom. The lowest BCUT2D eigenvalue weighted by atomic mass is 10.2. The summed E-state index contributed by atoms with van der Waals surface area (Å²) < 4.78 is 2.31. The first-order chi connectivity index (χ1) is 11.8. The quantitative estimate of drug-likeness (QED) is 0.505. The molecule has 0 bridgehead atoms. The number of hydrogen-bond donors (Lipinski definition) is 0. The van der Waals surface area contributed by atoms with Crippen molar-refractivity contribution in [1.29, 1.82) is 0 Å². The molecule has 4 aromatic rings. The van der Waals surface area contributed by atoms with Gasteiger partial charge in [-0.05, 0) is 18.6 Å². The van der Waals surface area contributed by atoms with E-state index in [0.717, 1.165) is 41.4 Å². The highest BCUT2D eigenvalue weighted by molar-refractivity contribution is 7.13. The van der Waals surface area contributed by atoms with Crippen molar-refractivity contribution in [3.63, 3.8) is 0 Å². The fourth-order valence-electron chi connectivity index (χ4n) is 2.97. The molecular weight excluding hydrogens is 314 g/mol. The Morgan fingerprint density at radius 2 is 1.75 bits per heavy atom. The van der Waals surface area contributed by atoms with E-state index in [1.165, 1.54) is 11.1 Å². The standard InChI is InChI=1S/C20H19N3S/c1-2-8-19-22-17-11-6-7-12-18(17)23(19)13-16-14-24-20(21-16)15-9-4-3-5-10-15/h3-7,9-12,14H,2,8,13H2,1H3. The van der Waals surface area contributed by atoms with E-state index in [1.54, 1.807) is 11.3 Å². The summed E-state index contributed by atoms with van der Waals surface area (Å²) in [5.41, 5.74) is 4.53. The number of hydrogen-bond acceptors (Lipinski definition) is 3. The summed E-state index contributed by atoms with van der Waals surface area (Å²) in [6.07, 6.45) is 2.08. The molecule has 4 heteroatoms. The summed E-state index contributed by atoms with van der Waals surface area (Å²) in [5, 5.41) is 3.24. The van der Waals surface area contributed by atoms with Crippen LogP contribution in [-0.2, 0) is 13.0 Å². The molecule has 0 radical (unpaired) electrons. The van der Waals surface area contributed by atoms with E-state index >= 15 is 0 Å². The maximum absolute atomic E-state index is 4.83. The molecular formula is C20H19N3S. The molecule has 0 fully saturated rings. The zero-order chi connectivity index (χ0) is 16.4. The van der Waals surface area contributed by atoms with Crippen molar-refractivity contribution >= 4 is 22.4 Å². The lowest BCUT2D eigenvalue weighted by Gasteiger charge is -2.06. The second-order valence-corrected chi connectivity index (χ2v) is 6.72. The third-order valence-electron chi connectivity index (χ3n) is 4.10. The summed E-state index contributed by atoms with van der Waals surface area (Å²) >= 11 is 1.70. The second kappa shape index (κ2) is 6.57. The number of thiazole rings is 1. The van der Waals surface area contributed by atoms with E-state index < -0.39 is 0 Å². The summed E-state index contributed by atoms with van der Waals surface area (Å²) in [6.45, 7) is 2.97. The monoisotopic (exact) mass is 333 g/mol. The number of para-hydroxylation sites is 2. The molecule has 0 aliphatic carbocycles. The van der Waals surface area contributed by atoms with Crippen LogP contribution in [0.15, 0.2) is 60.0 Å². The van der Waals surface area contributed by atoms with Gasteiger partial charge in [-0.25, -0.2) is 9.97 Å². The Hall–Kier alpha value is -2.46. The van der Waals surface area contributed by atoms with Gasteiger partial charge >= 0.3 is 0 Å². The van der Waals surface area contributed by atoms with Gasteiger partial charge in [0.1, 0.15) is 10.8 Å². The fourth-order valence-corrected chi connectivity index (χ4v) is 3.79. The van der Waals surface area contributed by atoms with Gasteiger partial charge in [0, 0.05) is 17.4 Å². The van der Waals surface area contributed by atoms with Crippen LogP contribution < -0.4 is 0 Å². The minimum Gasteiger partial charge on any atom is -0.322 e. The van der Waals surface area contributed by atoms with E-state index in [2.05, 4.69) is 59.3 Å². The molecule has 2 aromatic heterocycles. The maximum Gasteiger partial charge on any atom is 0.123 e. The highest BCUT2D eigenvalue weighted by Crippen LogP contribution is 2.25. The first-order valence-electron chi connectivity index (χ1n) is 8.29. The van der Waals surface area contributed by atoms with Crippen molar-refractivity contribution < 1.29 is 0 Å². The Balaban J connectivity index is 1.69. The molecule has 2 heterocycles. The molecule has 0 saturated heterocycles. The first-order valence-corrected chi connectivity index (χ1v) is 9.17. The van der Waals surface area contributed by atoms with Crippen LogP contribution in [0, 0.1) is 0 Å². The van der Waals surface area contributed by atoms with Crippen molar-refractivity contribution in [3.05, 3.63) is 71.5 Å². The van der Waals surface area contributed by atoms with Crippen molar-refractivity contribution in [1.82, 2.24) is 14.5 Å². The van der Waals surface area contributed by atoms with Crippen LogP contribution in [0.2, 0.25) is 0 Å². The van der Waals surface area contributed by atoms with Gasteiger partial charge in [0.15, 0.2) is 0 Å². The third kappa shape index (κ3) is 2.85. The lowest BCUT2D eigenvalue weighted by Crippen LogP contribution is -2.05. The van der Waals surface area contributed by atoms with Crippen molar-refractivity contribution in [2.45, 2.75) is 26.3 Å². The fraction of sp³-hybridized carbons (Fsp3) is 0.200. The van der Waals surface area contributed by atoms with Crippen LogP contribution >= 0.6 is 11.3 Å². The van der Waals surface area contributed by atoms with Gasteiger partial charge in [-0.15, -0.1) is 11.3 Å². The van der Waals surface area contributed by atoms with Gasteiger partial charge in [-0.3, -0.25) is 0 Å². The van der Waals surface area contributed by atoms with Gasteiger partial charge in [-0.1, -0.05) is 49.4 Å². The zero-order valence-corrected chi connectivity index (χ0v) is 14.5. The minimum absolute atomic E-state index is 0.777. The summed E-state index contributed by atoms with van der Waals surface area (Å²) in [6, 6.07) is 18.7. The Morgan fingerprint density at radius 3 is 2.58 bits per heavy atom. The van der Waals surface area contributed by atoms with Gasteiger partial charge in [0.05, 0.1) is 23.3 Å². The molecule has 0 atom stereocenters. The molecule has 2 aromatic carbocycles. The average molecular weight is 333 g/mol. The molecule has 0 unspecified atom stereocenters. The second-order valence-electron chi connectivity index (χ2n) is 5.86. The number of imidazole rings is 1. The normalized spacial score (nSPS) is 11.2. The van der Waals surface area contributed by atoms with Crippen LogP contribution in [-0.4, -0.2) is 14.5 Å². The predicted molar refractivity (Wildman–Crippen MR) is 100 cm³/mol. The molecule has 3 nitrogen and oxygen atoms in total. The zero-order valence-electron chi connectivity index (χ0n) is 13.6. The van der Waals surface area contributed by atoms with E-state index in [-0.39, 0.29) is 0 Å². The van der Waals surface area contributed by atoms with E-state index in [1.807, 2.05) is 12.1 Å². The smallest absolute Gasteiger partial charge is 0.123 e. The largest absolute Gasteiger partial charge is 0.322 e. The number of nitrogens with zero attached hydrogens (tertiary/aromatic N) is 3. The molecule has 0 aliphatic heterocycles. The topological polar surface area (TPSA) is 30.7 Å². The first kappa shape index (κ1) is 15.1. The molecule has 0 amide bonds. The van der Waals surface area contributed by atoms with Crippen LogP contribution in [0.1, 0.15) is 24.9 Å². The Bertz CT molecular complexity index is 953. The number of aryl methyl sites for hydroxylation is 1. The Kier molecular flexibility index (Phi) is 4.13. The summed E-state index contributed by atoms with van der Waals surface area (Å²) in [7, 11) is 0. The molecule has 4 rings (SSSR count). The Labute approximate surface area is 145 Å². The average Bonchev–Trinajstić information content (AvgIpc) is 3.22. The SMILES string of the molecule is CCCc1nc2ccccc2n1Cc1csc(-c2ccccc2)n1. The summed E-state index contributed by atoms with van der Waals surface area (Å²) in [4.78, 5) is 9.64. The lowest BCUT2D eigenvalue weighted by molar-refractivity contribution is 0.713. The molecule has 0 spiro atoms.